The lowest BCUT2D eigenvalue weighted by atomic mass is 10.0. The van der Waals surface area contributed by atoms with Crippen molar-refractivity contribution in [2.45, 2.75) is 20.3 Å². The van der Waals surface area contributed by atoms with Crippen molar-refractivity contribution >= 4 is 5.57 Å². The van der Waals surface area contributed by atoms with Crippen LogP contribution < -0.4 is 0 Å². The van der Waals surface area contributed by atoms with Crippen molar-refractivity contribution in [3.05, 3.63) is 53.8 Å². The van der Waals surface area contributed by atoms with Crippen LogP contribution in [0.2, 0.25) is 0 Å². The molecule has 0 heterocycles. The normalized spacial score (nSPS) is 10.7. The maximum absolute atomic E-state index is 5.21. The Bertz CT molecular complexity index is 369. The van der Waals surface area contributed by atoms with E-state index in [1.54, 1.807) is 7.11 Å². The Balaban J connectivity index is 2.95. The zero-order chi connectivity index (χ0) is 11.3. The van der Waals surface area contributed by atoms with E-state index in [9.17, 15) is 0 Å². The maximum Gasteiger partial charge on any atom is 0.0958 e. The first-order chi connectivity index (χ1) is 7.19. The van der Waals surface area contributed by atoms with Gasteiger partial charge in [0.25, 0.3) is 0 Å². The van der Waals surface area contributed by atoms with E-state index in [2.05, 4.69) is 25.6 Å². The number of aryl methyl sites for hydroxylation is 1. The quantitative estimate of drug-likeness (QED) is 0.533. The maximum atomic E-state index is 5.21. The molecule has 0 fully saturated rings. The van der Waals surface area contributed by atoms with E-state index in [4.69, 9.17) is 4.74 Å². The van der Waals surface area contributed by atoms with Crippen LogP contribution in [0, 0.1) is 19.1 Å². The molecule has 0 atom stereocenters. The number of methoxy groups -OCH3 is 1. The van der Waals surface area contributed by atoms with Crippen molar-refractivity contribution in [1.82, 2.24) is 0 Å². The van der Waals surface area contributed by atoms with Gasteiger partial charge in [0.1, 0.15) is 0 Å². The summed E-state index contributed by atoms with van der Waals surface area (Å²) in [4.78, 5) is 0. The van der Waals surface area contributed by atoms with E-state index < -0.39 is 0 Å². The number of hydrogen-bond acceptors (Lipinski definition) is 1. The molecular weight excluding hydrogens is 184 g/mol. The topological polar surface area (TPSA) is 9.23 Å². The summed E-state index contributed by atoms with van der Waals surface area (Å²) in [6, 6.07) is 9.66. The van der Waals surface area contributed by atoms with Crippen molar-refractivity contribution in [2.24, 2.45) is 0 Å². The molecule has 1 aromatic carbocycles. The first-order valence-corrected chi connectivity index (χ1v) is 5.01. The summed E-state index contributed by atoms with van der Waals surface area (Å²) in [5, 5.41) is 0. The molecule has 78 valence electrons. The molecule has 0 amide bonds. The highest BCUT2D eigenvalue weighted by atomic mass is 16.5. The lowest BCUT2D eigenvalue weighted by molar-refractivity contribution is 0.281. The highest BCUT2D eigenvalue weighted by Crippen LogP contribution is 2.19. The van der Waals surface area contributed by atoms with Crippen LogP contribution in [0.15, 0.2) is 30.5 Å². The second kappa shape index (κ2) is 5.26. The molecule has 0 unspecified atom stereocenters. The molecule has 1 nitrogen and oxygen atoms in total. The van der Waals surface area contributed by atoms with Crippen LogP contribution in [-0.4, -0.2) is 7.11 Å². The largest absolute Gasteiger partial charge is 0.501 e. The van der Waals surface area contributed by atoms with Gasteiger partial charge >= 0.3 is 0 Å². The fourth-order valence-electron chi connectivity index (χ4n) is 1.38. The van der Waals surface area contributed by atoms with Crippen LogP contribution in [-0.2, 0) is 4.74 Å². The van der Waals surface area contributed by atoms with Gasteiger partial charge in [0.05, 0.1) is 12.9 Å². The van der Waals surface area contributed by atoms with E-state index in [0.29, 0.717) is 0 Å². The van der Waals surface area contributed by atoms with E-state index in [1.807, 2.05) is 25.1 Å². The van der Waals surface area contributed by atoms with Gasteiger partial charge in [-0.05, 0) is 41.8 Å². The van der Waals surface area contributed by atoms with E-state index in [-0.39, 0.29) is 0 Å². The third kappa shape index (κ3) is 2.89. The van der Waals surface area contributed by atoms with Crippen molar-refractivity contribution in [2.75, 3.05) is 7.11 Å². The molecule has 0 aromatic heterocycles. The SMILES string of the molecule is C=C(/C=C(/CC)OC)c1cc#ccc1C. The first-order valence-electron chi connectivity index (χ1n) is 5.01. The monoisotopic (exact) mass is 200 g/mol. The average Bonchev–Trinajstić information content (AvgIpc) is 2.26. The molecule has 0 aliphatic carbocycles. The van der Waals surface area contributed by atoms with Gasteiger partial charge in [-0.25, -0.2) is 0 Å². The van der Waals surface area contributed by atoms with Crippen molar-refractivity contribution in [3.63, 3.8) is 0 Å². The van der Waals surface area contributed by atoms with Gasteiger partial charge in [-0.2, -0.15) is 0 Å². The van der Waals surface area contributed by atoms with E-state index in [1.165, 1.54) is 0 Å². The molecular formula is C14H16O. The molecule has 0 spiro atoms. The van der Waals surface area contributed by atoms with Crippen LogP contribution >= 0.6 is 0 Å². The molecule has 0 saturated carbocycles. The molecule has 1 rings (SSSR count). The predicted octanol–water partition coefficient (Wildman–Crippen LogP) is 3.55. The number of ether oxygens (including phenoxy) is 1. The van der Waals surface area contributed by atoms with Crippen LogP contribution in [0.4, 0.5) is 0 Å². The Morgan fingerprint density at radius 1 is 1.47 bits per heavy atom. The second-order valence-electron chi connectivity index (χ2n) is 3.37. The Hall–Kier alpha value is -1.68. The molecule has 1 aromatic rings. The summed E-state index contributed by atoms with van der Waals surface area (Å²) in [7, 11) is 1.68. The van der Waals surface area contributed by atoms with Gasteiger partial charge in [0.2, 0.25) is 0 Å². The predicted molar refractivity (Wildman–Crippen MR) is 63.3 cm³/mol. The third-order valence-electron chi connectivity index (χ3n) is 2.31. The Kier molecular flexibility index (Phi) is 4.00. The van der Waals surface area contributed by atoms with Crippen molar-refractivity contribution in [1.29, 1.82) is 0 Å². The van der Waals surface area contributed by atoms with Crippen molar-refractivity contribution < 1.29 is 4.74 Å². The highest BCUT2D eigenvalue weighted by Gasteiger charge is 2.00. The Morgan fingerprint density at radius 3 is 2.67 bits per heavy atom. The Morgan fingerprint density at radius 2 is 2.13 bits per heavy atom. The number of rotatable bonds is 4. The van der Waals surface area contributed by atoms with E-state index >= 15 is 0 Å². The van der Waals surface area contributed by atoms with Crippen molar-refractivity contribution in [3.8, 4) is 0 Å². The molecule has 0 N–H and O–H groups in total. The molecule has 1 heteroatoms. The molecule has 0 aliphatic rings. The minimum Gasteiger partial charge on any atom is -0.501 e. The van der Waals surface area contributed by atoms with Gasteiger partial charge in [0.15, 0.2) is 0 Å². The zero-order valence-electron chi connectivity index (χ0n) is 9.55. The third-order valence-corrected chi connectivity index (χ3v) is 2.31. The van der Waals surface area contributed by atoms with Crippen LogP contribution in [0.1, 0.15) is 24.5 Å². The number of allylic oxidation sites excluding steroid dienone is 3. The van der Waals surface area contributed by atoms with Gasteiger partial charge in [0, 0.05) is 6.42 Å². The second-order valence-corrected chi connectivity index (χ2v) is 3.37. The molecule has 0 radical (unpaired) electrons. The fraction of sp³-hybridized carbons (Fsp3) is 0.286. The summed E-state index contributed by atoms with van der Waals surface area (Å²) < 4.78 is 5.21. The summed E-state index contributed by atoms with van der Waals surface area (Å²) in [5.74, 6) is 0.937. The van der Waals surface area contributed by atoms with Gasteiger partial charge in [-0.15, -0.1) is 0 Å². The average molecular weight is 200 g/mol. The zero-order valence-corrected chi connectivity index (χ0v) is 9.55. The minimum absolute atomic E-state index is 0.872. The lowest BCUT2D eigenvalue weighted by Gasteiger charge is -2.06. The number of hydrogen-bond donors (Lipinski definition) is 0. The standard InChI is InChI=1S/C14H16O/c1-5-13(15-4)10-12(3)14-9-7-6-8-11(14)2/h8-10H,3,5H2,1-2,4H3/b13-10-. The van der Waals surface area contributed by atoms with E-state index in [0.717, 1.165) is 28.9 Å². The smallest absolute Gasteiger partial charge is 0.0958 e. The molecule has 0 saturated heterocycles. The lowest BCUT2D eigenvalue weighted by Crippen LogP contribution is -1.88. The Labute approximate surface area is 92.1 Å². The van der Waals surface area contributed by atoms with Gasteiger partial charge < -0.3 is 4.74 Å². The highest BCUT2D eigenvalue weighted by molar-refractivity contribution is 5.73. The van der Waals surface area contributed by atoms with Gasteiger partial charge in [-0.1, -0.05) is 25.6 Å². The van der Waals surface area contributed by atoms with Crippen LogP contribution in [0.3, 0.4) is 0 Å². The first kappa shape index (κ1) is 11.4. The summed E-state index contributed by atoms with van der Waals surface area (Å²) >= 11 is 0. The fourth-order valence-corrected chi connectivity index (χ4v) is 1.38. The van der Waals surface area contributed by atoms with Gasteiger partial charge in [-0.3, -0.25) is 0 Å². The summed E-state index contributed by atoms with van der Waals surface area (Å²) in [5.41, 5.74) is 3.20. The molecule has 0 bridgehead atoms. The molecule has 15 heavy (non-hydrogen) atoms. The summed E-state index contributed by atoms with van der Waals surface area (Å²) in [6.07, 6.45) is 2.84. The molecule has 0 aliphatic heterocycles. The summed E-state index contributed by atoms with van der Waals surface area (Å²) in [6.45, 7) is 8.13. The minimum atomic E-state index is 0.872. The van der Waals surface area contributed by atoms with Crippen LogP contribution in [0.25, 0.3) is 5.57 Å². The van der Waals surface area contributed by atoms with Crippen LogP contribution in [0.5, 0.6) is 0 Å².